The van der Waals surface area contributed by atoms with Crippen LogP contribution in [0.25, 0.3) is 0 Å². The van der Waals surface area contributed by atoms with Gasteiger partial charge in [-0.05, 0) is 12.7 Å². The lowest BCUT2D eigenvalue weighted by atomic mass is 10.2. The second-order valence-electron chi connectivity index (χ2n) is 1.95. The Labute approximate surface area is 66.4 Å². The van der Waals surface area contributed by atoms with Gasteiger partial charge in [0.25, 0.3) is 0 Å². The molecule has 0 aromatic heterocycles. The first-order valence-corrected chi connectivity index (χ1v) is 4.09. The molecular weight excluding hydrogens is 152 g/mol. The molecule has 1 aliphatic rings. The molecule has 0 amide bonds. The van der Waals surface area contributed by atoms with Crippen LogP contribution in [-0.2, 0) is 4.74 Å². The molecule has 1 saturated heterocycles. The van der Waals surface area contributed by atoms with Crippen molar-refractivity contribution in [3.8, 4) is 0 Å². The monoisotopic (exact) mass is 166 g/mol. The molecule has 0 radical (unpaired) electrons. The van der Waals surface area contributed by atoms with E-state index in [1.54, 1.807) is 6.26 Å². The van der Waals surface area contributed by atoms with Crippen LogP contribution in [0.15, 0.2) is 0 Å². The summed E-state index contributed by atoms with van der Waals surface area (Å²) in [7, 11) is 0. The number of thiol groups is 1. The summed E-state index contributed by atoms with van der Waals surface area (Å²) in [4.78, 5) is 0. The Morgan fingerprint density at radius 3 is 2.40 bits per heavy atom. The minimum atomic E-state index is -0.444. The van der Waals surface area contributed by atoms with Gasteiger partial charge in [0.1, 0.15) is 6.10 Å². The predicted molar refractivity (Wildman–Crippen MR) is 42.4 cm³/mol. The van der Waals surface area contributed by atoms with Gasteiger partial charge >= 0.3 is 0 Å². The molecule has 10 heavy (non-hydrogen) atoms. The summed E-state index contributed by atoms with van der Waals surface area (Å²) in [5.74, 6) is 0. The van der Waals surface area contributed by atoms with E-state index in [9.17, 15) is 0 Å². The van der Waals surface area contributed by atoms with Crippen molar-refractivity contribution in [3.63, 3.8) is 0 Å². The average Bonchev–Trinajstić information content (AvgIpc) is 2.39. The third-order valence-electron chi connectivity index (χ3n) is 1.35. The standard InChI is InChI=1S/C5H10O3.CH4S/c6-3-5-4(7)1-2-8-5;1-2/h4-7H,1-3H2;2H,1H3. The van der Waals surface area contributed by atoms with E-state index < -0.39 is 6.10 Å². The van der Waals surface area contributed by atoms with E-state index in [2.05, 4.69) is 12.6 Å². The molecule has 0 aliphatic carbocycles. The highest BCUT2D eigenvalue weighted by atomic mass is 32.1. The van der Waals surface area contributed by atoms with Crippen molar-refractivity contribution in [1.29, 1.82) is 0 Å². The molecule has 0 aromatic carbocycles. The second-order valence-corrected chi connectivity index (χ2v) is 1.95. The van der Waals surface area contributed by atoms with E-state index >= 15 is 0 Å². The van der Waals surface area contributed by atoms with Crippen molar-refractivity contribution < 1.29 is 14.9 Å². The minimum absolute atomic E-state index is 0.0683. The van der Waals surface area contributed by atoms with Crippen LogP contribution in [0, 0.1) is 0 Å². The van der Waals surface area contributed by atoms with E-state index in [0.29, 0.717) is 13.0 Å². The molecule has 62 valence electrons. The SMILES string of the molecule is CS.OCC1OCCC1O. The van der Waals surface area contributed by atoms with E-state index in [1.807, 2.05) is 0 Å². The van der Waals surface area contributed by atoms with E-state index in [-0.39, 0.29) is 12.7 Å². The predicted octanol–water partition coefficient (Wildman–Crippen LogP) is -0.326. The van der Waals surface area contributed by atoms with Gasteiger partial charge < -0.3 is 14.9 Å². The van der Waals surface area contributed by atoms with Gasteiger partial charge in [-0.15, -0.1) is 0 Å². The number of aliphatic hydroxyl groups excluding tert-OH is 2. The lowest BCUT2D eigenvalue weighted by molar-refractivity contribution is 0.00406. The molecule has 2 atom stereocenters. The molecule has 0 aromatic rings. The molecule has 0 saturated carbocycles. The maximum atomic E-state index is 8.90. The summed E-state index contributed by atoms with van der Waals surface area (Å²) in [6.45, 7) is 0.508. The van der Waals surface area contributed by atoms with E-state index in [1.165, 1.54) is 0 Å². The summed E-state index contributed by atoms with van der Waals surface area (Å²) in [5.41, 5.74) is 0. The molecule has 3 nitrogen and oxygen atoms in total. The highest BCUT2D eigenvalue weighted by Crippen LogP contribution is 2.11. The quantitative estimate of drug-likeness (QED) is 0.468. The highest BCUT2D eigenvalue weighted by Gasteiger charge is 2.24. The zero-order chi connectivity index (χ0) is 7.98. The van der Waals surface area contributed by atoms with Gasteiger partial charge in [0.2, 0.25) is 0 Å². The Hall–Kier alpha value is 0.230. The van der Waals surface area contributed by atoms with Crippen LogP contribution in [0.1, 0.15) is 6.42 Å². The van der Waals surface area contributed by atoms with Gasteiger partial charge in [-0.25, -0.2) is 0 Å². The normalized spacial score (nSPS) is 31.2. The lowest BCUT2D eigenvalue weighted by Crippen LogP contribution is -2.24. The summed E-state index contributed by atoms with van der Waals surface area (Å²) in [6.07, 6.45) is 1.58. The molecule has 1 aliphatic heterocycles. The Morgan fingerprint density at radius 2 is 2.20 bits per heavy atom. The third kappa shape index (κ3) is 2.88. The second kappa shape index (κ2) is 5.97. The van der Waals surface area contributed by atoms with Crippen molar-refractivity contribution >= 4 is 12.6 Å². The zero-order valence-corrected chi connectivity index (χ0v) is 6.92. The first kappa shape index (κ1) is 10.2. The molecule has 1 rings (SSSR count). The molecular formula is C6H14O3S. The van der Waals surface area contributed by atoms with Crippen molar-refractivity contribution in [2.75, 3.05) is 19.5 Å². The fraction of sp³-hybridized carbons (Fsp3) is 1.00. The van der Waals surface area contributed by atoms with Crippen molar-refractivity contribution in [1.82, 2.24) is 0 Å². The molecule has 4 heteroatoms. The van der Waals surface area contributed by atoms with Gasteiger partial charge in [0.15, 0.2) is 0 Å². The summed E-state index contributed by atoms with van der Waals surface area (Å²) in [5, 5.41) is 17.4. The molecule has 2 N–H and O–H groups in total. The van der Waals surface area contributed by atoms with Crippen molar-refractivity contribution in [3.05, 3.63) is 0 Å². The topological polar surface area (TPSA) is 49.7 Å². The fourth-order valence-electron chi connectivity index (χ4n) is 0.812. The van der Waals surface area contributed by atoms with E-state index in [0.717, 1.165) is 0 Å². The first-order chi connectivity index (χ1) is 4.84. The van der Waals surface area contributed by atoms with Crippen LogP contribution in [0.3, 0.4) is 0 Å². The van der Waals surface area contributed by atoms with Gasteiger partial charge in [-0.1, -0.05) is 0 Å². The van der Waals surface area contributed by atoms with Crippen LogP contribution in [0.5, 0.6) is 0 Å². The maximum Gasteiger partial charge on any atom is 0.106 e. The van der Waals surface area contributed by atoms with Crippen LogP contribution in [0.4, 0.5) is 0 Å². The van der Waals surface area contributed by atoms with Crippen molar-refractivity contribution in [2.24, 2.45) is 0 Å². The van der Waals surface area contributed by atoms with Crippen LogP contribution < -0.4 is 0 Å². The number of ether oxygens (including phenoxy) is 1. The van der Waals surface area contributed by atoms with Gasteiger partial charge in [-0.3, -0.25) is 0 Å². The first-order valence-electron chi connectivity index (χ1n) is 3.20. The molecule has 0 spiro atoms. The molecule has 1 heterocycles. The molecule has 1 fully saturated rings. The van der Waals surface area contributed by atoms with Crippen LogP contribution in [-0.4, -0.2) is 41.9 Å². The van der Waals surface area contributed by atoms with Crippen LogP contribution in [0.2, 0.25) is 0 Å². The zero-order valence-electron chi connectivity index (χ0n) is 6.03. The molecule has 0 bridgehead atoms. The Kier molecular flexibility index (Phi) is 6.11. The number of rotatable bonds is 1. The van der Waals surface area contributed by atoms with Crippen molar-refractivity contribution in [2.45, 2.75) is 18.6 Å². The fourth-order valence-corrected chi connectivity index (χ4v) is 0.812. The Balaban J connectivity index is 0.000000371. The minimum Gasteiger partial charge on any atom is -0.394 e. The highest BCUT2D eigenvalue weighted by molar-refractivity contribution is 7.79. The number of hydrogen-bond donors (Lipinski definition) is 3. The Morgan fingerprint density at radius 1 is 1.60 bits per heavy atom. The van der Waals surface area contributed by atoms with Gasteiger partial charge in [-0.2, -0.15) is 12.6 Å². The molecule has 2 unspecified atom stereocenters. The maximum absolute atomic E-state index is 8.90. The third-order valence-corrected chi connectivity index (χ3v) is 1.35. The lowest BCUT2D eigenvalue weighted by Gasteiger charge is -2.07. The smallest absolute Gasteiger partial charge is 0.106 e. The summed E-state index contributed by atoms with van der Waals surface area (Å²) >= 11 is 3.53. The largest absolute Gasteiger partial charge is 0.394 e. The average molecular weight is 166 g/mol. The number of aliphatic hydroxyl groups is 2. The van der Waals surface area contributed by atoms with E-state index in [4.69, 9.17) is 14.9 Å². The van der Waals surface area contributed by atoms with Crippen LogP contribution >= 0.6 is 12.6 Å². The van der Waals surface area contributed by atoms with Gasteiger partial charge in [0, 0.05) is 6.61 Å². The summed E-state index contributed by atoms with van der Waals surface area (Å²) < 4.78 is 4.91. The van der Waals surface area contributed by atoms with Gasteiger partial charge in [0.05, 0.1) is 12.7 Å². The summed E-state index contributed by atoms with van der Waals surface area (Å²) in [6, 6.07) is 0. The number of hydrogen-bond acceptors (Lipinski definition) is 4. The Bertz CT molecular complexity index is 79.4.